The molecule has 0 aliphatic heterocycles. The first kappa shape index (κ1) is 16.9. The van der Waals surface area contributed by atoms with E-state index in [4.69, 9.17) is 0 Å². The van der Waals surface area contributed by atoms with E-state index >= 15 is 0 Å². The fourth-order valence-corrected chi connectivity index (χ4v) is 0. The minimum Gasteiger partial charge on any atom is -0.343 e. The summed E-state index contributed by atoms with van der Waals surface area (Å²) in [6.07, 6.45) is 1.97. The molecule has 0 saturated heterocycles. The molecule has 0 unspecified atom stereocenters. The van der Waals surface area contributed by atoms with Gasteiger partial charge in [-0.1, -0.05) is 31.9 Å². The SMILES string of the molecule is [CH2-]CCBr.[CH2-]CCBr.[W+2]. The topological polar surface area (TPSA) is 0 Å². The van der Waals surface area contributed by atoms with Crippen LogP contribution in [0.2, 0.25) is 0 Å². The van der Waals surface area contributed by atoms with Crippen LogP contribution in [-0.4, -0.2) is 10.7 Å². The number of halogens is 2. The van der Waals surface area contributed by atoms with E-state index in [9.17, 15) is 0 Å². The predicted molar refractivity (Wildman–Crippen MR) is 47.5 cm³/mol. The molecule has 56 valence electrons. The Morgan fingerprint density at radius 1 is 0.889 bits per heavy atom. The molecule has 0 heterocycles. The average Bonchev–Trinajstić information content (AvgIpc) is 1.88. The van der Waals surface area contributed by atoms with Crippen LogP contribution in [0.25, 0.3) is 0 Å². The van der Waals surface area contributed by atoms with Gasteiger partial charge in [0.25, 0.3) is 0 Å². The van der Waals surface area contributed by atoms with Crippen LogP contribution in [0.3, 0.4) is 0 Å². The van der Waals surface area contributed by atoms with E-state index in [2.05, 4.69) is 45.7 Å². The Labute approximate surface area is 89.7 Å². The fourth-order valence-electron chi connectivity index (χ4n) is 0. The molecule has 0 aliphatic carbocycles. The summed E-state index contributed by atoms with van der Waals surface area (Å²) in [7, 11) is 0. The number of hydrogen-bond acceptors (Lipinski definition) is 0. The van der Waals surface area contributed by atoms with E-state index < -0.39 is 0 Å². The van der Waals surface area contributed by atoms with Crippen molar-refractivity contribution in [3.05, 3.63) is 13.8 Å². The van der Waals surface area contributed by atoms with Gasteiger partial charge in [-0.25, -0.2) is 0 Å². The van der Waals surface area contributed by atoms with E-state index in [1.54, 1.807) is 0 Å². The molecular formula is C6H12Br2W. The van der Waals surface area contributed by atoms with E-state index in [0.717, 1.165) is 23.5 Å². The van der Waals surface area contributed by atoms with Crippen LogP contribution in [0.4, 0.5) is 0 Å². The van der Waals surface area contributed by atoms with Gasteiger partial charge in [-0.05, 0) is 10.7 Å². The van der Waals surface area contributed by atoms with Crippen molar-refractivity contribution in [2.75, 3.05) is 10.7 Å². The molecule has 0 saturated carbocycles. The number of rotatable bonds is 2. The second-order valence-corrected chi connectivity index (χ2v) is 2.67. The largest absolute Gasteiger partial charge is 2.00 e. The Balaban J connectivity index is -0.0000000720. The summed E-state index contributed by atoms with van der Waals surface area (Å²) in [5, 5.41) is 2.04. The molecule has 3 heteroatoms. The Morgan fingerprint density at radius 2 is 1.00 bits per heavy atom. The third kappa shape index (κ3) is 42.4. The molecule has 0 aromatic rings. The standard InChI is InChI=1S/2C3H6Br.W/c2*1-2-3-4;/h2*1-3H2;/q2*-1;+2. The Kier molecular flexibility index (Phi) is 42.6. The van der Waals surface area contributed by atoms with Crippen LogP contribution in [0.5, 0.6) is 0 Å². The van der Waals surface area contributed by atoms with Gasteiger partial charge in [0.05, 0.1) is 0 Å². The van der Waals surface area contributed by atoms with Crippen molar-refractivity contribution < 1.29 is 21.1 Å². The smallest absolute Gasteiger partial charge is 0.343 e. The molecule has 0 rings (SSSR count). The zero-order valence-corrected chi connectivity index (χ0v) is 11.5. The van der Waals surface area contributed by atoms with E-state index in [-0.39, 0.29) is 21.1 Å². The van der Waals surface area contributed by atoms with Crippen LogP contribution < -0.4 is 0 Å². The van der Waals surface area contributed by atoms with Crippen LogP contribution in [0, 0.1) is 13.8 Å². The molecule has 0 aromatic carbocycles. The van der Waals surface area contributed by atoms with Gasteiger partial charge in [-0.15, -0.1) is 0 Å². The summed E-state index contributed by atoms with van der Waals surface area (Å²) in [6.45, 7) is 7.11. The normalized spacial score (nSPS) is 6.67. The van der Waals surface area contributed by atoms with Crippen LogP contribution >= 0.6 is 31.9 Å². The molecule has 0 aromatic heterocycles. The maximum absolute atomic E-state index is 3.56. The predicted octanol–water partition coefficient (Wildman–Crippen LogP) is 3.21. The van der Waals surface area contributed by atoms with Crippen LogP contribution in [0.1, 0.15) is 12.8 Å². The molecule has 9 heavy (non-hydrogen) atoms. The maximum atomic E-state index is 3.56. The molecule has 0 nitrogen and oxygen atoms in total. The monoisotopic (exact) mass is 426 g/mol. The zero-order valence-electron chi connectivity index (χ0n) is 5.41. The van der Waals surface area contributed by atoms with Gasteiger partial charge in [0.15, 0.2) is 0 Å². The van der Waals surface area contributed by atoms with E-state index in [1.165, 1.54) is 0 Å². The summed E-state index contributed by atoms with van der Waals surface area (Å²) in [4.78, 5) is 0. The van der Waals surface area contributed by atoms with Gasteiger partial charge in [0.1, 0.15) is 0 Å². The van der Waals surface area contributed by atoms with Crippen molar-refractivity contribution in [2.45, 2.75) is 12.8 Å². The van der Waals surface area contributed by atoms with Gasteiger partial charge in [-0.3, -0.25) is 0 Å². The molecule has 0 bridgehead atoms. The van der Waals surface area contributed by atoms with Gasteiger partial charge in [0, 0.05) is 0 Å². The van der Waals surface area contributed by atoms with E-state index in [0.29, 0.717) is 0 Å². The summed E-state index contributed by atoms with van der Waals surface area (Å²) in [5.41, 5.74) is 0. The molecule has 0 aliphatic rings. The molecule has 0 spiro atoms. The Hall–Kier alpha value is 1.65. The molecular weight excluding hydrogens is 416 g/mol. The molecule has 0 atom stereocenters. The van der Waals surface area contributed by atoms with Crippen molar-refractivity contribution in [2.24, 2.45) is 0 Å². The first-order chi connectivity index (χ1) is 3.83. The Bertz CT molecular complexity index is 19.0. The number of alkyl halides is 2. The van der Waals surface area contributed by atoms with E-state index in [1.807, 2.05) is 0 Å². The average molecular weight is 428 g/mol. The minimum atomic E-state index is 0. The van der Waals surface area contributed by atoms with Crippen molar-refractivity contribution in [3.63, 3.8) is 0 Å². The second-order valence-electron chi connectivity index (χ2n) is 1.09. The number of hydrogen-bond donors (Lipinski definition) is 0. The maximum Gasteiger partial charge on any atom is 2.00 e. The van der Waals surface area contributed by atoms with Crippen molar-refractivity contribution in [1.82, 2.24) is 0 Å². The van der Waals surface area contributed by atoms with Crippen LogP contribution in [-0.2, 0) is 21.1 Å². The van der Waals surface area contributed by atoms with Crippen molar-refractivity contribution in [1.29, 1.82) is 0 Å². The minimum absolute atomic E-state index is 0. The van der Waals surface area contributed by atoms with Gasteiger partial charge in [0.2, 0.25) is 0 Å². The molecule has 0 fully saturated rings. The molecule has 0 amide bonds. The Morgan fingerprint density at radius 3 is 1.00 bits per heavy atom. The van der Waals surface area contributed by atoms with Gasteiger partial charge >= 0.3 is 21.1 Å². The third-order valence-electron chi connectivity index (χ3n) is 0.267. The van der Waals surface area contributed by atoms with Gasteiger partial charge in [-0.2, -0.15) is 12.8 Å². The fraction of sp³-hybridized carbons (Fsp3) is 0.667. The zero-order chi connectivity index (χ0) is 6.83. The van der Waals surface area contributed by atoms with Crippen molar-refractivity contribution >= 4 is 31.9 Å². The quantitative estimate of drug-likeness (QED) is 0.469. The summed E-state index contributed by atoms with van der Waals surface area (Å²) in [6, 6.07) is 0. The summed E-state index contributed by atoms with van der Waals surface area (Å²) < 4.78 is 0. The summed E-state index contributed by atoms with van der Waals surface area (Å²) >= 11 is 6.37. The molecule has 0 radical (unpaired) electrons. The third-order valence-corrected chi connectivity index (χ3v) is 1.39. The van der Waals surface area contributed by atoms with Crippen LogP contribution in [0.15, 0.2) is 0 Å². The van der Waals surface area contributed by atoms with Crippen molar-refractivity contribution in [3.8, 4) is 0 Å². The first-order valence-corrected chi connectivity index (χ1v) is 4.78. The molecule has 0 N–H and O–H groups in total. The second kappa shape index (κ2) is 22.6. The summed E-state index contributed by atoms with van der Waals surface area (Å²) in [5.74, 6) is 0. The first-order valence-electron chi connectivity index (χ1n) is 2.53. The van der Waals surface area contributed by atoms with Gasteiger partial charge < -0.3 is 13.8 Å².